The molecule has 0 saturated heterocycles. The largest absolute Gasteiger partial charge is 0.449 e. The maximum absolute atomic E-state index is 10.8. The van der Waals surface area contributed by atoms with Gasteiger partial charge in [-0.2, -0.15) is 20.2 Å². The van der Waals surface area contributed by atoms with Gasteiger partial charge in [-0.05, 0) is 18.4 Å². The molecule has 0 fully saturated rings. The van der Waals surface area contributed by atoms with Crippen molar-refractivity contribution in [2.24, 2.45) is 5.73 Å². The highest BCUT2D eigenvalue weighted by atomic mass is 32.3. The summed E-state index contributed by atoms with van der Waals surface area (Å²) in [4.78, 5) is 10.8. The molecule has 0 aromatic heterocycles. The van der Waals surface area contributed by atoms with Gasteiger partial charge in [0.25, 0.3) is 0 Å². The minimum Gasteiger partial charge on any atom is -0.323 e. The van der Waals surface area contributed by atoms with Crippen molar-refractivity contribution in [1.29, 1.82) is 0 Å². The van der Waals surface area contributed by atoms with Gasteiger partial charge in [0.2, 0.25) is 0 Å². The molecule has 0 amide bonds. The normalized spacial score (nSPS) is 13.8. The lowest BCUT2D eigenvalue weighted by molar-refractivity contribution is -0.135. The Morgan fingerprint density at radius 2 is 2.23 bits per heavy atom. The van der Waals surface area contributed by atoms with Crippen LogP contribution in [0.3, 0.4) is 0 Å². The first kappa shape index (κ1) is 12.7. The van der Waals surface area contributed by atoms with Crippen LogP contribution in [0.2, 0.25) is 0 Å². The third-order valence-corrected chi connectivity index (χ3v) is 2.14. The summed E-state index contributed by atoms with van der Waals surface area (Å²) in [6.45, 7) is 0. The molecule has 0 bridgehead atoms. The third kappa shape index (κ3) is 6.82. The van der Waals surface area contributed by atoms with Gasteiger partial charge >= 0.3 is 16.4 Å². The minimum atomic E-state index is -4.73. The third-order valence-electron chi connectivity index (χ3n) is 1.12. The van der Waals surface area contributed by atoms with Crippen molar-refractivity contribution in [3.05, 3.63) is 0 Å². The van der Waals surface area contributed by atoms with E-state index in [9.17, 15) is 13.2 Å². The molecule has 1 unspecified atom stereocenters. The fourth-order valence-corrected chi connectivity index (χ4v) is 1.35. The molecule has 0 spiro atoms. The van der Waals surface area contributed by atoms with Crippen LogP contribution in [0.25, 0.3) is 0 Å². The Balaban J connectivity index is 3.97. The van der Waals surface area contributed by atoms with Gasteiger partial charge in [-0.25, -0.2) is 4.79 Å². The van der Waals surface area contributed by atoms with Gasteiger partial charge in [-0.3, -0.25) is 4.55 Å². The Labute approximate surface area is 80.8 Å². The second-order valence-electron chi connectivity index (χ2n) is 2.22. The molecule has 0 aromatic carbocycles. The second-order valence-corrected chi connectivity index (χ2v) is 4.23. The molecule has 0 saturated carbocycles. The zero-order chi connectivity index (χ0) is 10.5. The molecule has 0 rings (SSSR count). The summed E-state index contributed by atoms with van der Waals surface area (Å²) in [5.74, 6) is -0.529. The van der Waals surface area contributed by atoms with E-state index in [1.165, 1.54) is 11.8 Å². The molecule has 8 heteroatoms. The fraction of sp³-hybridized carbons (Fsp3) is 0.800. The number of carbonyl (C=O) groups is 1. The van der Waals surface area contributed by atoms with Crippen molar-refractivity contribution in [2.45, 2.75) is 12.5 Å². The van der Waals surface area contributed by atoms with Crippen LogP contribution in [-0.2, 0) is 19.4 Å². The van der Waals surface area contributed by atoms with Gasteiger partial charge in [-0.15, -0.1) is 0 Å². The molecule has 6 nitrogen and oxygen atoms in total. The molecule has 0 aliphatic heterocycles. The topological polar surface area (TPSA) is 107 Å². The monoisotopic (exact) mass is 229 g/mol. The number of hydrogen-bond donors (Lipinski definition) is 2. The Morgan fingerprint density at radius 3 is 2.62 bits per heavy atom. The summed E-state index contributed by atoms with van der Waals surface area (Å²) < 4.78 is 31.9. The SMILES string of the molecule is CSCCC(N)C(=O)OS(=O)(=O)O. The minimum absolute atomic E-state index is 0.301. The first-order valence-corrected chi connectivity index (χ1v) is 6.08. The van der Waals surface area contributed by atoms with E-state index in [-0.39, 0.29) is 0 Å². The Bertz CT molecular complexity index is 262. The molecule has 3 N–H and O–H groups in total. The highest BCUT2D eigenvalue weighted by Gasteiger charge is 2.20. The van der Waals surface area contributed by atoms with E-state index in [4.69, 9.17) is 10.3 Å². The van der Waals surface area contributed by atoms with Gasteiger partial charge in [0, 0.05) is 0 Å². The first-order chi connectivity index (χ1) is 5.87. The zero-order valence-electron chi connectivity index (χ0n) is 6.97. The Kier molecular flexibility index (Phi) is 5.30. The highest BCUT2D eigenvalue weighted by molar-refractivity contribution is 7.98. The van der Waals surface area contributed by atoms with E-state index in [2.05, 4.69) is 4.18 Å². The summed E-state index contributed by atoms with van der Waals surface area (Å²) >= 11 is 1.47. The molecule has 13 heavy (non-hydrogen) atoms. The van der Waals surface area contributed by atoms with Gasteiger partial charge in [0.15, 0.2) is 0 Å². The molecule has 1 atom stereocenters. The van der Waals surface area contributed by atoms with Crippen molar-refractivity contribution in [1.82, 2.24) is 0 Å². The van der Waals surface area contributed by atoms with Crippen LogP contribution >= 0.6 is 11.8 Å². The second kappa shape index (κ2) is 5.43. The predicted molar refractivity (Wildman–Crippen MR) is 48.6 cm³/mol. The summed E-state index contributed by atoms with van der Waals surface area (Å²) in [5, 5.41) is 0. The standard InChI is InChI=1S/C5H11NO5S2/c1-12-3-2-4(6)5(7)11-13(8,9)10/h4H,2-3,6H2,1H3,(H,8,9,10). The summed E-state index contributed by atoms with van der Waals surface area (Å²) in [6.07, 6.45) is 2.12. The quantitative estimate of drug-likeness (QED) is 0.607. The number of hydrogen-bond acceptors (Lipinski definition) is 6. The van der Waals surface area contributed by atoms with Crippen molar-refractivity contribution in [3.8, 4) is 0 Å². The van der Waals surface area contributed by atoms with Gasteiger partial charge < -0.3 is 9.92 Å². The lowest BCUT2D eigenvalue weighted by atomic mass is 10.2. The molecule has 0 aliphatic rings. The molecule has 0 aliphatic carbocycles. The van der Waals surface area contributed by atoms with E-state index in [1.54, 1.807) is 0 Å². The average Bonchev–Trinajstić information content (AvgIpc) is 1.96. The molecular formula is C5H11NO5S2. The lowest BCUT2D eigenvalue weighted by Crippen LogP contribution is -2.34. The molecule has 0 radical (unpaired) electrons. The van der Waals surface area contributed by atoms with Gasteiger partial charge in [0.05, 0.1) is 0 Å². The Morgan fingerprint density at radius 1 is 1.69 bits per heavy atom. The van der Waals surface area contributed by atoms with Crippen LogP contribution in [0.4, 0.5) is 0 Å². The predicted octanol–water partition coefficient (Wildman–Crippen LogP) is -0.587. The highest BCUT2D eigenvalue weighted by Crippen LogP contribution is 2.01. The van der Waals surface area contributed by atoms with E-state index < -0.39 is 22.4 Å². The molecule has 0 aromatic rings. The maximum Gasteiger partial charge on any atom is 0.449 e. The molecule has 0 heterocycles. The first-order valence-electron chi connectivity index (χ1n) is 3.32. The van der Waals surface area contributed by atoms with Crippen LogP contribution < -0.4 is 5.73 Å². The molecule has 78 valence electrons. The van der Waals surface area contributed by atoms with E-state index in [0.717, 1.165) is 0 Å². The van der Waals surface area contributed by atoms with E-state index >= 15 is 0 Å². The number of carbonyl (C=O) groups excluding carboxylic acids is 1. The lowest BCUT2D eigenvalue weighted by Gasteiger charge is -2.07. The number of rotatable bonds is 5. The van der Waals surface area contributed by atoms with Crippen molar-refractivity contribution < 1.29 is 21.9 Å². The van der Waals surface area contributed by atoms with Gasteiger partial charge in [0.1, 0.15) is 6.04 Å². The van der Waals surface area contributed by atoms with Crippen LogP contribution in [0.5, 0.6) is 0 Å². The van der Waals surface area contributed by atoms with Crippen molar-refractivity contribution in [3.63, 3.8) is 0 Å². The fourth-order valence-electron chi connectivity index (χ4n) is 0.528. The zero-order valence-corrected chi connectivity index (χ0v) is 8.60. The van der Waals surface area contributed by atoms with Crippen LogP contribution in [-0.4, -0.2) is 37.0 Å². The number of thioether (sulfide) groups is 1. The Hall–Kier alpha value is -0.310. The van der Waals surface area contributed by atoms with Crippen molar-refractivity contribution in [2.75, 3.05) is 12.0 Å². The van der Waals surface area contributed by atoms with E-state index in [0.29, 0.717) is 12.2 Å². The summed E-state index contributed by atoms with van der Waals surface area (Å²) in [6, 6.07) is -1.02. The van der Waals surface area contributed by atoms with Crippen molar-refractivity contribution >= 4 is 28.1 Å². The molecular weight excluding hydrogens is 218 g/mol. The maximum atomic E-state index is 10.8. The van der Waals surface area contributed by atoms with Crippen LogP contribution in [0.15, 0.2) is 0 Å². The number of nitrogens with two attached hydrogens (primary N) is 1. The van der Waals surface area contributed by atoms with Crippen LogP contribution in [0, 0.1) is 0 Å². The van der Waals surface area contributed by atoms with E-state index in [1.807, 2.05) is 6.26 Å². The smallest absolute Gasteiger partial charge is 0.323 e. The summed E-state index contributed by atoms with van der Waals surface area (Å²) in [5.41, 5.74) is 5.25. The van der Waals surface area contributed by atoms with Crippen LogP contribution in [0.1, 0.15) is 6.42 Å². The summed E-state index contributed by atoms with van der Waals surface area (Å²) in [7, 11) is -4.73. The average molecular weight is 229 g/mol. The van der Waals surface area contributed by atoms with Gasteiger partial charge in [-0.1, -0.05) is 0 Å².